The number of nitrogens with zero attached hydrogens (tertiary/aromatic N) is 1. The normalized spacial score (nSPS) is 10.2. The van der Waals surface area contributed by atoms with Crippen LogP contribution in [0.2, 0.25) is 0 Å². The van der Waals surface area contributed by atoms with Gasteiger partial charge >= 0.3 is 0 Å². The first-order valence-electron chi connectivity index (χ1n) is 8.78. The number of benzene rings is 3. The molecule has 0 bridgehead atoms. The van der Waals surface area contributed by atoms with E-state index < -0.39 is 0 Å². The molecule has 2 nitrogen and oxygen atoms in total. The van der Waals surface area contributed by atoms with Crippen molar-refractivity contribution in [2.75, 3.05) is 5.75 Å². The second kappa shape index (κ2) is 8.44. The Morgan fingerprint density at radius 2 is 1.33 bits per heavy atom. The van der Waals surface area contributed by atoms with Gasteiger partial charge in [-0.1, -0.05) is 102 Å². The van der Waals surface area contributed by atoms with Crippen LogP contribution >= 0.6 is 11.8 Å². The molecule has 0 amide bonds. The molecule has 130 valence electrons. The predicted octanol–water partition coefficient (Wildman–Crippen LogP) is 5.89. The molecule has 1 aromatic heterocycles. The van der Waals surface area contributed by atoms with Gasteiger partial charge in [0, 0.05) is 16.7 Å². The van der Waals surface area contributed by atoms with Gasteiger partial charge < -0.3 is 4.98 Å². The standard InChI is InChI=1S/C24H18N2S/c1-4-11-19(12-5-1)13-10-18-27-24-25-22(20-14-6-2-7-15-20)23(26-24)21-16-8-3-9-17-21/h1-9,11-12,14-17H,18H2,(H,25,26). The number of hydrogen-bond acceptors (Lipinski definition) is 2. The van der Waals surface area contributed by atoms with Crippen LogP contribution in [0.4, 0.5) is 0 Å². The summed E-state index contributed by atoms with van der Waals surface area (Å²) in [5.41, 5.74) is 5.29. The van der Waals surface area contributed by atoms with E-state index in [1.54, 1.807) is 11.8 Å². The average molecular weight is 366 g/mol. The molecule has 0 saturated heterocycles. The lowest BCUT2D eigenvalue weighted by atomic mass is 10.1. The second-order valence-corrected chi connectivity index (χ2v) is 6.92. The highest BCUT2D eigenvalue weighted by Crippen LogP contribution is 2.32. The molecular weight excluding hydrogens is 348 g/mol. The average Bonchev–Trinajstić information content (AvgIpc) is 3.18. The molecule has 0 atom stereocenters. The summed E-state index contributed by atoms with van der Waals surface area (Å²) in [5.74, 6) is 7.08. The van der Waals surface area contributed by atoms with Crippen LogP contribution in [0.5, 0.6) is 0 Å². The third-order valence-electron chi connectivity index (χ3n) is 4.08. The van der Waals surface area contributed by atoms with E-state index in [0.29, 0.717) is 5.75 Å². The van der Waals surface area contributed by atoms with Gasteiger partial charge in [-0.2, -0.15) is 0 Å². The summed E-state index contributed by atoms with van der Waals surface area (Å²) in [6.07, 6.45) is 0. The number of aromatic nitrogens is 2. The molecule has 0 spiro atoms. The quantitative estimate of drug-likeness (QED) is 0.360. The molecule has 4 rings (SSSR count). The summed E-state index contributed by atoms with van der Waals surface area (Å²) < 4.78 is 0. The molecular formula is C24H18N2S. The fourth-order valence-corrected chi connectivity index (χ4v) is 3.41. The van der Waals surface area contributed by atoms with Crippen LogP contribution in [0.3, 0.4) is 0 Å². The zero-order valence-corrected chi connectivity index (χ0v) is 15.5. The number of imidazole rings is 1. The van der Waals surface area contributed by atoms with E-state index in [1.807, 2.05) is 66.7 Å². The van der Waals surface area contributed by atoms with Crippen molar-refractivity contribution in [3.8, 4) is 34.4 Å². The minimum absolute atomic E-state index is 0.685. The molecule has 0 aliphatic carbocycles. The Labute approximate surface area is 163 Å². The highest BCUT2D eigenvalue weighted by molar-refractivity contribution is 7.99. The lowest BCUT2D eigenvalue weighted by Crippen LogP contribution is -1.82. The number of thioether (sulfide) groups is 1. The van der Waals surface area contributed by atoms with Crippen molar-refractivity contribution in [2.24, 2.45) is 0 Å². The van der Waals surface area contributed by atoms with Gasteiger partial charge in [-0.05, 0) is 12.1 Å². The van der Waals surface area contributed by atoms with Crippen molar-refractivity contribution in [1.29, 1.82) is 0 Å². The molecule has 3 heteroatoms. The van der Waals surface area contributed by atoms with Crippen LogP contribution in [0, 0.1) is 11.8 Å². The minimum Gasteiger partial charge on any atom is -0.332 e. The predicted molar refractivity (Wildman–Crippen MR) is 114 cm³/mol. The zero-order chi connectivity index (χ0) is 18.3. The molecule has 3 aromatic carbocycles. The van der Waals surface area contributed by atoms with E-state index in [9.17, 15) is 0 Å². The molecule has 0 aliphatic rings. The highest BCUT2D eigenvalue weighted by Gasteiger charge is 2.13. The molecule has 0 aliphatic heterocycles. The molecule has 0 radical (unpaired) electrons. The van der Waals surface area contributed by atoms with E-state index in [0.717, 1.165) is 33.2 Å². The van der Waals surface area contributed by atoms with Crippen LogP contribution in [-0.2, 0) is 0 Å². The van der Waals surface area contributed by atoms with Crippen LogP contribution in [0.15, 0.2) is 96.2 Å². The fourth-order valence-electron chi connectivity index (χ4n) is 2.80. The Balaban J connectivity index is 1.59. The lowest BCUT2D eigenvalue weighted by molar-refractivity contribution is 1.06. The van der Waals surface area contributed by atoms with Crippen molar-refractivity contribution < 1.29 is 0 Å². The van der Waals surface area contributed by atoms with E-state index in [1.165, 1.54) is 0 Å². The van der Waals surface area contributed by atoms with Gasteiger partial charge in [0.15, 0.2) is 5.16 Å². The molecule has 0 fully saturated rings. The van der Waals surface area contributed by atoms with E-state index in [2.05, 4.69) is 41.1 Å². The molecule has 4 aromatic rings. The summed E-state index contributed by atoms with van der Waals surface area (Å²) in [6, 6.07) is 30.6. The topological polar surface area (TPSA) is 28.7 Å². The maximum atomic E-state index is 4.84. The molecule has 0 saturated carbocycles. The van der Waals surface area contributed by atoms with Crippen molar-refractivity contribution in [1.82, 2.24) is 9.97 Å². The second-order valence-electron chi connectivity index (χ2n) is 5.95. The molecule has 27 heavy (non-hydrogen) atoms. The zero-order valence-electron chi connectivity index (χ0n) is 14.7. The molecule has 1 heterocycles. The lowest BCUT2D eigenvalue weighted by Gasteiger charge is -2.02. The smallest absolute Gasteiger partial charge is 0.167 e. The number of hydrogen-bond donors (Lipinski definition) is 1. The number of rotatable bonds is 4. The van der Waals surface area contributed by atoms with Crippen LogP contribution in [-0.4, -0.2) is 15.7 Å². The largest absolute Gasteiger partial charge is 0.332 e. The van der Waals surface area contributed by atoms with Crippen molar-refractivity contribution in [3.63, 3.8) is 0 Å². The summed E-state index contributed by atoms with van der Waals surface area (Å²) in [5, 5.41) is 0.884. The maximum absolute atomic E-state index is 4.84. The summed E-state index contributed by atoms with van der Waals surface area (Å²) in [6.45, 7) is 0. The van der Waals surface area contributed by atoms with Crippen molar-refractivity contribution in [2.45, 2.75) is 5.16 Å². The highest BCUT2D eigenvalue weighted by atomic mass is 32.2. The number of H-pyrrole nitrogens is 1. The van der Waals surface area contributed by atoms with Gasteiger partial charge in [0.25, 0.3) is 0 Å². The first-order valence-corrected chi connectivity index (χ1v) is 9.76. The molecule has 0 unspecified atom stereocenters. The van der Waals surface area contributed by atoms with Crippen LogP contribution in [0.1, 0.15) is 5.56 Å². The summed E-state index contributed by atoms with van der Waals surface area (Å²) in [4.78, 5) is 8.32. The fraction of sp³-hybridized carbons (Fsp3) is 0.0417. The van der Waals surface area contributed by atoms with Gasteiger partial charge in [0.05, 0.1) is 17.1 Å². The third-order valence-corrected chi connectivity index (χ3v) is 4.83. The van der Waals surface area contributed by atoms with Gasteiger partial charge in [-0.15, -0.1) is 0 Å². The van der Waals surface area contributed by atoms with E-state index in [-0.39, 0.29) is 0 Å². The van der Waals surface area contributed by atoms with Crippen LogP contribution < -0.4 is 0 Å². The number of nitrogens with one attached hydrogen (secondary N) is 1. The third kappa shape index (κ3) is 4.31. The first-order chi connectivity index (χ1) is 13.4. The Bertz CT molecular complexity index is 1000. The number of aromatic amines is 1. The summed E-state index contributed by atoms with van der Waals surface area (Å²) >= 11 is 1.62. The Morgan fingerprint density at radius 3 is 2.00 bits per heavy atom. The van der Waals surface area contributed by atoms with Gasteiger partial charge in [-0.3, -0.25) is 0 Å². The van der Waals surface area contributed by atoms with Gasteiger partial charge in [0.1, 0.15) is 0 Å². The first kappa shape index (κ1) is 17.2. The maximum Gasteiger partial charge on any atom is 0.167 e. The Kier molecular flexibility index (Phi) is 5.38. The molecule has 1 N–H and O–H groups in total. The van der Waals surface area contributed by atoms with E-state index in [4.69, 9.17) is 4.98 Å². The monoisotopic (exact) mass is 366 g/mol. The summed E-state index contributed by atoms with van der Waals surface area (Å²) in [7, 11) is 0. The van der Waals surface area contributed by atoms with Gasteiger partial charge in [-0.25, -0.2) is 4.98 Å². The van der Waals surface area contributed by atoms with Crippen molar-refractivity contribution in [3.05, 3.63) is 96.6 Å². The van der Waals surface area contributed by atoms with Crippen LogP contribution in [0.25, 0.3) is 22.5 Å². The SMILES string of the molecule is C(#Cc1ccccc1)CSc1nc(-c2ccccc2)c(-c2ccccc2)[nH]1. The van der Waals surface area contributed by atoms with E-state index >= 15 is 0 Å². The Morgan fingerprint density at radius 1 is 0.741 bits per heavy atom. The minimum atomic E-state index is 0.685. The Hall–Kier alpha value is -3.22. The van der Waals surface area contributed by atoms with Gasteiger partial charge in [0.2, 0.25) is 0 Å². The van der Waals surface area contributed by atoms with Crippen molar-refractivity contribution >= 4 is 11.8 Å².